The normalized spacial score (nSPS) is 10.3. The van der Waals surface area contributed by atoms with Crippen LogP contribution >= 0.6 is 15.9 Å². The summed E-state index contributed by atoms with van der Waals surface area (Å²) in [6, 6.07) is 15.3. The van der Waals surface area contributed by atoms with Crippen molar-refractivity contribution in [3.8, 4) is 28.5 Å². The van der Waals surface area contributed by atoms with Crippen LogP contribution in [0, 0.1) is 0 Å². The molecule has 1 heterocycles. The summed E-state index contributed by atoms with van der Waals surface area (Å²) in [5.74, 6) is 1.94. The zero-order valence-corrected chi connectivity index (χ0v) is 13.4. The summed E-state index contributed by atoms with van der Waals surface area (Å²) in [6.45, 7) is 0. The van der Waals surface area contributed by atoms with Gasteiger partial charge in [-0.1, -0.05) is 34.1 Å². The van der Waals surface area contributed by atoms with Crippen LogP contribution < -0.4 is 9.47 Å². The lowest BCUT2D eigenvalue weighted by atomic mass is 10.1. The summed E-state index contributed by atoms with van der Waals surface area (Å²) < 4.78 is 12.3. The van der Waals surface area contributed by atoms with Crippen LogP contribution in [0.2, 0.25) is 0 Å². The highest BCUT2D eigenvalue weighted by Gasteiger charge is 2.13. The second-order valence-electron chi connectivity index (χ2n) is 4.50. The van der Waals surface area contributed by atoms with Gasteiger partial charge in [0.15, 0.2) is 0 Å². The van der Waals surface area contributed by atoms with E-state index in [1.165, 1.54) is 6.33 Å². The van der Waals surface area contributed by atoms with Gasteiger partial charge in [0.25, 0.3) is 0 Å². The highest BCUT2D eigenvalue weighted by atomic mass is 79.9. The summed E-state index contributed by atoms with van der Waals surface area (Å²) in [4.78, 5) is 8.35. The standard InChI is InChI=1S/C17H13BrN2O2/c1-21-16-5-3-2-4-14(16)15-10-19-11-20-17(15)22-13-8-6-12(18)7-9-13/h2-11H,1H3. The Morgan fingerprint density at radius 1 is 0.955 bits per heavy atom. The zero-order chi connectivity index (χ0) is 15.4. The molecule has 0 spiro atoms. The van der Waals surface area contributed by atoms with Crippen molar-refractivity contribution in [2.45, 2.75) is 0 Å². The molecule has 1 aromatic heterocycles. The minimum Gasteiger partial charge on any atom is -0.496 e. The lowest BCUT2D eigenvalue weighted by molar-refractivity contribution is 0.415. The van der Waals surface area contributed by atoms with Crippen LogP contribution in [0.3, 0.4) is 0 Å². The lowest BCUT2D eigenvalue weighted by Crippen LogP contribution is -1.94. The fraction of sp³-hybridized carbons (Fsp3) is 0.0588. The molecule has 0 aliphatic rings. The Morgan fingerprint density at radius 3 is 2.50 bits per heavy atom. The average Bonchev–Trinajstić information content (AvgIpc) is 2.57. The van der Waals surface area contributed by atoms with Crippen molar-refractivity contribution < 1.29 is 9.47 Å². The summed E-state index contributed by atoms with van der Waals surface area (Å²) in [7, 11) is 1.64. The van der Waals surface area contributed by atoms with Crippen LogP contribution in [0.15, 0.2) is 65.5 Å². The largest absolute Gasteiger partial charge is 0.496 e. The molecule has 110 valence electrons. The van der Waals surface area contributed by atoms with E-state index in [4.69, 9.17) is 9.47 Å². The molecule has 0 unspecified atom stereocenters. The summed E-state index contributed by atoms with van der Waals surface area (Å²) in [5, 5.41) is 0. The zero-order valence-electron chi connectivity index (χ0n) is 11.9. The predicted molar refractivity (Wildman–Crippen MR) is 88.2 cm³/mol. The Balaban J connectivity index is 2.01. The molecule has 0 aliphatic carbocycles. The number of rotatable bonds is 4. The van der Waals surface area contributed by atoms with E-state index < -0.39 is 0 Å². The van der Waals surface area contributed by atoms with Gasteiger partial charge in [0.2, 0.25) is 5.88 Å². The Bertz CT molecular complexity index is 776. The van der Waals surface area contributed by atoms with E-state index in [2.05, 4.69) is 25.9 Å². The molecule has 4 nitrogen and oxygen atoms in total. The van der Waals surface area contributed by atoms with E-state index in [0.29, 0.717) is 11.6 Å². The molecule has 0 saturated carbocycles. The first kappa shape index (κ1) is 14.5. The van der Waals surface area contributed by atoms with Gasteiger partial charge in [0.1, 0.15) is 17.8 Å². The second kappa shape index (κ2) is 6.58. The van der Waals surface area contributed by atoms with Crippen LogP contribution in [-0.2, 0) is 0 Å². The topological polar surface area (TPSA) is 44.2 Å². The van der Waals surface area contributed by atoms with Crippen LogP contribution in [0.1, 0.15) is 0 Å². The SMILES string of the molecule is COc1ccccc1-c1cncnc1Oc1ccc(Br)cc1. The van der Waals surface area contributed by atoms with Crippen LogP contribution in [0.4, 0.5) is 0 Å². The van der Waals surface area contributed by atoms with Gasteiger partial charge in [-0.25, -0.2) is 9.97 Å². The number of benzene rings is 2. The molecule has 0 N–H and O–H groups in total. The van der Waals surface area contributed by atoms with Gasteiger partial charge in [-0.2, -0.15) is 0 Å². The van der Waals surface area contributed by atoms with Gasteiger partial charge >= 0.3 is 0 Å². The van der Waals surface area contributed by atoms with Crippen molar-refractivity contribution in [1.82, 2.24) is 9.97 Å². The molecule has 22 heavy (non-hydrogen) atoms. The Morgan fingerprint density at radius 2 is 1.73 bits per heavy atom. The number of nitrogens with zero attached hydrogens (tertiary/aromatic N) is 2. The quantitative estimate of drug-likeness (QED) is 0.679. The number of para-hydroxylation sites is 1. The molecule has 0 radical (unpaired) electrons. The van der Waals surface area contributed by atoms with Gasteiger partial charge in [-0.3, -0.25) is 0 Å². The first-order chi connectivity index (χ1) is 10.8. The van der Waals surface area contributed by atoms with Gasteiger partial charge < -0.3 is 9.47 Å². The van der Waals surface area contributed by atoms with Crippen molar-refractivity contribution in [1.29, 1.82) is 0 Å². The molecular weight excluding hydrogens is 344 g/mol. The molecule has 0 aliphatic heterocycles. The molecule has 5 heteroatoms. The van der Waals surface area contributed by atoms with E-state index in [1.54, 1.807) is 13.3 Å². The van der Waals surface area contributed by atoms with Gasteiger partial charge in [0.05, 0.1) is 12.7 Å². The number of hydrogen-bond acceptors (Lipinski definition) is 4. The predicted octanol–water partition coefficient (Wildman–Crippen LogP) is 4.71. The second-order valence-corrected chi connectivity index (χ2v) is 5.41. The van der Waals surface area contributed by atoms with E-state index in [-0.39, 0.29) is 0 Å². The minimum absolute atomic E-state index is 0.488. The Kier molecular flexibility index (Phi) is 4.34. The Labute approximate surface area is 136 Å². The molecule has 3 rings (SSSR count). The maximum atomic E-state index is 5.89. The summed E-state index contributed by atoms with van der Waals surface area (Å²) >= 11 is 3.40. The number of aromatic nitrogens is 2. The highest BCUT2D eigenvalue weighted by Crippen LogP contribution is 2.36. The third-order valence-corrected chi connectivity index (χ3v) is 3.63. The number of ether oxygens (including phenoxy) is 2. The van der Waals surface area contributed by atoms with E-state index >= 15 is 0 Å². The molecule has 0 atom stereocenters. The minimum atomic E-state index is 0.488. The van der Waals surface area contributed by atoms with Crippen molar-refractivity contribution in [3.63, 3.8) is 0 Å². The molecule has 0 amide bonds. The summed E-state index contributed by atoms with van der Waals surface area (Å²) in [6.07, 6.45) is 3.19. The lowest BCUT2D eigenvalue weighted by Gasteiger charge is -2.12. The number of methoxy groups -OCH3 is 1. The van der Waals surface area contributed by atoms with Crippen molar-refractivity contribution in [2.24, 2.45) is 0 Å². The van der Waals surface area contributed by atoms with Crippen molar-refractivity contribution in [3.05, 3.63) is 65.5 Å². The van der Waals surface area contributed by atoms with Gasteiger partial charge in [-0.15, -0.1) is 0 Å². The third kappa shape index (κ3) is 3.09. The maximum Gasteiger partial charge on any atom is 0.230 e. The van der Waals surface area contributed by atoms with Crippen LogP contribution in [0.25, 0.3) is 11.1 Å². The van der Waals surface area contributed by atoms with E-state index in [9.17, 15) is 0 Å². The number of hydrogen-bond donors (Lipinski definition) is 0. The third-order valence-electron chi connectivity index (χ3n) is 3.10. The van der Waals surface area contributed by atoms with Gasteiger partial charge in [-0.05, 0) is 30.3 Å². The smallest absolute Gasteiger partial charge is 0.230 e. The van der Waals surface area contributed by atoms with Crippen molar-refractivity contribution >= 4 is 15.9 Å². The molecular formula is C17H13BrN2O2. The van der Waals surface area contributed by atoms with Crippen molar-refractivity contribution in [2.75, 3.05) is 7.11 Å². The molecule has 3 aromatic rings. The Hall–Kier alpha value is -2.40. The first-order valence-electron chi connectivity index (χ1n) is 6.65. The molecule has 0 fully saturated rings. The maximum absolute atomic E-state index is 5.89. The molecule has 0 bridgehead atoms. The summed E-state index contributed by atoms with van der Waals surface area (Å²) in [5.41, 5.74) is 1.67. The number of halogens is 1. The fourth-order valence-electron chi connectivity index (χ4n) is 2.07. The molecule has 2 aromatic carbocycles. The van der Waals surface area contributed by atoms with Gasteiger partial charge in [0, 0.05) is 16.2 Å². The molecule has 0 saturated heterocycles. The highest BCUT2D eigenvalue weighted by molar-refractivity contribution is 9.10. The monoisotopic (exact) mass is 356 g/mol. The van der Waals surface area contributed by atoms with Crippen LogP contribution in [0.5, 0.6) is 17.4 Å². The first-order valence-corrected chi connectivity index (χ1v) is 7.44. The average molecular weight is 357 g/mol. The fourth-order valence-corrected chi connectivity index (χ4v) is 2.33. The van der Waals surface area contributed by atoms with Crippen LogP contribution in [-0.4, -0.2) is 17.1 Å². The van der Waals surface area contributed by atoms with E-state index in [0.717, 1.165) is 21.3 Å². The van der Waals surface area contributed by atoms with E-state index in [1.807, 2.05) is 48.5 Å².